The quantitative estimate of drug-likeness (QED) is 0.943. The van der Waals surface area contributed by atoms with E-state index in [1.54, 1.807) is 0 Å². The van der Waals surface area contributed by atoms with Gasteiger partial charge in [-0.15, -0.1) is 0 Å². The number of fused-ring (bicyclic) bond motifs is 1. The molecule has 1 N–H and O–H groups in total. The molecule has 5 nitrogen and oxygen atoms in total. The van der Waals surface area contributed by atoms with Gasteiger partial charge in [0.05, 0.1) is 23.2 Å². The molecule has 21 heavy (non-hydrogen) atoms. The summed E-state index contributed by atoms with van der Waals surface area (Å²) in [7, 11) is 0. The minimum atomic E-state index is -0.855. The first kappa shape index (κ1) is 14.1. The van der Waals surface area contributed by atoms with Crippen molar-refractivity contribution in [3.05, 3.63) is 30.1 Å². The number of hydrogen-bond donors (Lipinski definition) is 1. The Kier molecular flexibility index (Phi) is 3.45. The molecule has 0 bridgehead atoms. The van der Waals surface area contributed by atoms with Crippen LogP contribution < -0.4 is 0 Å². The number of para-hydroxylation sites is 2. The van der Waals surface area contributed by atoms with Crippen LogP contribution in [0.4, 0.5) is 0 Å². The van der Waals surface area contributed by atoms with Gasteiger partial charge in [-0.2, -0.15) is 0 Å². The fourth-order valence-electron chi connectivity index (χ4n) is 3.36. The molecule has 4 atom stereocenters. The summed E-state index contributed by atoms with van der Waals surface area (Å²) in [5, 5.41) is 9.22. The second kappa shape index (κ2) is 5.15. The van der Waals surface area contributed by atoms with E-state index in [1.807, 2.05) is 35.8 Å². The zero-order valence-corrected chi connectivity index (χ0v) is 12.5. The molecule has 2 heterocycles. The Morgan fingerprint density at radius 3 is 2.62 bits per heavy atom. The standard InChI is InChI=1S/C16H20N2O3/c1-9-10(2)21-11(3)15(9)16-17-12-6-4-5-7-13(12)18(16)8-14(19)20/h4-7,9-11,15H,8H2,1-3H3,(H,19,20). The predicted molar refractivity (Wildman–Crippen MR) is 79.3 cm³/mol. The first-order chi connectivity index (χ1) is 9.99. The second-order valence-corrected chi connectivity index (χ2v) is 5.87. The Morgan fingerprint density at radius 2 is 2.00 bits per heavy atom. The normalized spacial score (nSPS) is 29.1. The van der Waals surface area contributed by atoms with Crippen molar-refractivity contribution in [3.63, 3.8) is 0 Å². The molecule has 1 fully saturated rings. The number of rotatable bonds is 3. The molecule has 4 unspecified atom stereocenters. The summed E-state index contributed by atoms with van der Waals surface area (Å²) in [5.74, 6) is 0.394. The molecule has 1 aliphatic rings. The molecule has 112 valence electrons. The molecule has 1 aliphatic heterocycles. The van der Waals surface area contributed by atoms with Gasteiger partial charge in [0, 0.05) is 5.92 Å². The second-order valence-electron chi connectivity index (χ2n) is 5.87. The van der Waals surface area contributed by atoms with E-state index in [1.165, 1.54) is 0 Å². The average molecular weight is 288 g/mol. The number of ether oxygens (including phenoxy) is 1. The van der Waals surface area contributed by atoms with Crippen molar-refractivity contribution in [2.45, 2.75) is 45.4 Å². The van der Waals surface area contributed by atoms with Gasteiger partial charge in [-0.05, 0) is 31.9 Å². The molecular weight excluding hydrogens is 268 g/mol. The number of hydrogen-bond acceptors (Lipinski definition) is 3. The van der Waals surface area contributed by atoms with Crippen molar-refractivity contribution < 1.29 is 14.6 Å². The topological polar surface area (TPSA) is 64.4 Å². The van der Waals surface area contributed by atoms with Crippen LogP contribution in [0.1, 0.15) is 32.5 Å². The third-order valence-electron chi connectivity index (χ3n) is 4.52. The van der Waals surface area contributed by atoms with Gasteiger partial charge < -0.3 is 14.4 Å². The minimum Gasteiger partial charge on any atom is -0.480 e. The molecular formula is C16H20N2O3. The largest absolute Gasteiger partial charge is 0.480 e. The number of carboxylic acids is 1. The summed E-state index contributed by atoms with van der Waals surface area (Å²) >= 11 is 0. The first-order valence-electron chi connectivity index (χ1n) is 7.31. The zero-order valence-electron chi connectivity index (χ0n) is 12.5. The van der Waals surface area contributed by atoms with Gasteiger partial charge in [0.25, 0.3) is 0 Å². The summed E-state index contributed by atoms with van der Waals surface area (Å²) in [6.07, 6.45) is 0.197. The number of nitrogens with zero attached hydrogens (tertiary/aromatic N) is 2. The van der Waals surface area contributed by atoms with Crippen LogP contribution in [0.25, 0.3) is 11.0 Å². The summed E-state index contributed by atoms with van der Waals surface area (Å²) in [6, 6.07) is 7.67. The highest BCUT2D eigenvalue weighted by Crippen LogP contribution is 2.40. The van der Waals surface area contributed by atoms with Crippen molar-refractivity contribution >= 4 is 17.0 Å². The fraction of sp³-hybridized carbons (Fsp3) is 0.500. The van der Waals surface area contributed by atoms with E-state index in [-0.39, 0.29) is 24.7 Å². The first-order valence-corrected chi connectivity index (χ1v) is 7.31. The van der Waals surface area contributed by atoms with E-state index in [0.29, 0.717) is 5.92 Å². The maximum Gasteiger partial charge on any atom is 0.323 e. The van der Waals surface area contributed by atoms with Gasteiger partial charge in [-0.1, -0.05) is 19.1 Å². The Hall–Kier alpha value is -1.88. The molecule has 1 aromatic heterocycles. The van der Waals surface area contributed by atoms with Gasteiger partial charge in [0.2, 0.25) is 0 Å². The Bertz CT molecular complexity index is 679. The minimum absolute atomic E-state index is 0.0411. The summed E-state index contributed by atoms with van der Waals surface area (Å²) < 4.78 is 7.71. The predicted octanol–water partition coefficient (Wildman–Crippen LogP) is 2.65. The highest BCUT2D eigenvalue weighted by atomic mass is 16.5. The van der Waals surface area contributed by atoms with Crippen molar-refractivity contribution in [2.24, 2.45) is 5.92 Å². The molecule has 3 rings (SSSR count). The van der Waals surface area contributed by atoms with E-state index in [0.717, 1.165) is 16.9 Å². The lowest BCUT2D eigenvalue weighted by atomic mass is 9.89. The van der Waals surface area contributed by atoms with Crippen LogP contribution >= 0.6 is 0 Å². The van der Waals surface area contributed by atoms with E-state index in [2.05, 4.69) is 13.8 Å². The molecule has 1 aromatic carbocycles. The number of imidazole rings is 1. The zero-order chi connectivity index (χ0) is 15.1. The summed E-state index contributed by atoms with van der Waals surface area (Å²) in [5.41, 5.74) is 1.71. The van der Waals surface area contributed by atoms with E-state index in [9.17, 15) is 9.90 Å². The summed E-state index contributed by atoms with van der Waals surface area (Å²) in [4.78, 5) is 15.9. The number of carboxylic acid groups (broad SMARTS) is 1. The summed E-state index contributed by atoms with van der Waals surface area (Å²) in [6.45, 7) is 6.17. The third-order valence-corrected chi connectivity index (χ3v) is 4.52. The van der Waals surface area contributed by atoms with Crippen molar-refractivity contribution in [1.82, 2.24) is 9.55 Å². The molecule has 2 aromatic rings. The molecule has 0 amide bonds. The van der Waals surface area contributed by atoms with Crippen molar-refractivity contribution in [1.29, 1.82) is 0 Å². The van der Waals surface area contributed by atoms with Crippen molar-refractivity contribution in [3.8, 4) is 0 Å². The number of carbonyl (C=O) groups is 1. The van der Waals surface area contributed by atoms with E-state index >= 15 is 0 Å². The average Bonchev–Trinajstić information content (AvgIpc) is 2.88. The Labute approximate surface area is 123 Å². The van der Waals surface area contributed by atoms with Crippen LogP contribution in [-0.4, -0.2) is 32.8 Å². The van der Waals surface area contributed by atoms with Crippen LogP contribution in [0.5, 0.6) is 0 Å². The highest BCUT2D eigenvalue weighted by Gasteiger charge is 2.40. The molecule has 0 aliphatic carbocycles. The number of aromatic nitrogens is 2. The lowest BCUT2D eigenvalue weighted by molar-refractivity contribution is -0.137. The van der Waals surface area contributed by atoms with Crippen LogP contribution in [0.15, 0.2) is 24.3 Å². The highest BCUT2D eigenvalue weighted by molar-refractivity contribution is 5.78. The van der Waals surface area contributed by atoms with Crippen LogP contribution in [-0.2, 0) is 16.1 Å². The SMILES string of the molecule is CC1OC(C)C(c2nc3ccccc3n2CC(=O)O)C1C. The molecule has 0 saturated carbocycles. The van der Waals surface area contributed by atoms with Crippen LogP contribution in [0, 0.1) is 5.92 Å². The monoisotopic (exact) mass is 288 g/mol. The van der Waals surface area contributed by atoms with Crippen LogP contribution in [0.2, 0.25) is 0 Å². The van der Waals surface area contributed by atoms with Gasteiger partial charge in [0.1, 0.15) is 12.4 Å². The number of aliphatic carboxylic acids is 1. The fourth-order valence-corrected chi connectivity index (χ4v) is 3.36. The van der Waals surface area contributed by atoms with Gasteiger partial charge in [-0.3, -0.25) is 4.79 Å². The third kappa shape index (κ3) is 2.31. The number of benzene rings is 1. The lowest BCUT2D eigenvalue weighted by Gasteiger charge is -2.19. The van der Waals surface area contributed by atoms with Gasteiger partial charge in [-0.25, -0.2) is 4.98 Å². The Morgan fingerprint density at radius 1 is 1.29 bits per heavy atom. The lowest BCUT2D eigenvalue weighted by Crippen LogP contribution is -2.22. The Balaban J connectivity index is 2.15. The van der Waals surface area contributed by atoms with E-state index in [4.69, 9.17) is 9.72 Å². The smallest absolute Gasteiger partial charge is 0.323 e. The van der Waals surface area contributed by atoms with E-state index < -0.39 is 5.97 Å². The van der Waals surface area contributed by atoms with Crippen molar-refractivity contribution in [2.75, 3.05) is 0 Å². The maximum atomic E-state index is 11.2. The van der Waals surface area contributed by atoms with Gasteiger partial charge >= 0.3 is 5.97 Å². The van der Waals surface area contributed by atoms with Gasteiger partial charge in [0.15, 0.2) is 0 Å². The van der Waals surface area contributed by atoms with Crippen LogP contribution in [0.3, 0.4) is 0 Å². The molecule has 1 saturated heterocycles. The maximum absolute atomic E-state index is 11.2. The molecule has 0 spiro atoms. The molecule has 0 radical (unpaired) electrons. The molecule has 5 heteroatoms.